The summed E-state index contributed by atoms with van der Waals surface area (Å²) >= 11 is 0. The molecule has 1 aromatic heterocycles. The summed E-state index contributed by atoms with van der Waals surface area (Å²) < 4.78 is 27.5. The molecule has 4 nitrogen and oxygen atoms in total. The van der Waals surface area contributed by atoms with Crippen molar-refractivity contribution in [1.29, 1.82) is 0 Å². The van der Waals surface area contributed by atoms with Crippen LogP contribution in [0.4, 0.5) is 5.69 Å². The predicted octanol–water partition coefficient (Wildman–Crippen LogP) is 4.17. The van der Waals surface area contributed by atoms with E-state index in [1.54, 1.807) is 42.7 Å². The maximum atomic E-state index is 12.4. The van der Waals surface area contributed by atoms with Gasteiger partial charge in [-0.25, -0.2) is 8.42 Å². The summed E-state index contributed by atoms with van der Waals surface area (Å²) in [4.78, 5) is 4.40. The zero-order chi connectivity index (χ0) is 17.2. The van der Waals surface area contributed by atoms with Gasteiger partial charge in [-0.05, 0) is 60.9 Å². The van der Waals surface area contributed by atoms with Gasteiger partial charge in [-0.3, -0.25) is 9.71 Å². The van der Waals surface area contributed by atoms with Gasteiger partial charge in [0.1, 0.15) is 0 Å². The van der Waals surface area contributed by atoms with Gasteiger partial charge >= 0.3 is 0 Å². The van der Waals surface area contributed by atoms with E-state index >= 15 is 0 Å². The van der Waals surface area contributed by atoms with E-state index in [1.165, 1.54) is 0 Å². The molecule has 3 aromatic rings. The van der Waals surface area contributed by atoms with Gasteiger partial charge in [0.15, 0.2) is 0 Å². The third-order valence-electron chi connectivity index (χ3n) is 3.79. The zero-order valence-corrected chi connectivity index (χ0v) is 14.3. The number of nitrogens with zero attached hydrogens (tertiary/aromatic N) is 1. The first-order chi connectivity index (χ1) is 11.5. The molecule has 24 heavy (non-hydrogen) atoms. The topological polar surface area (TPSA) is 59.1 Å². The average molecular weight is 338 g/mol. The number of aromatic nitrogens is 1. The molecule has 0 bridgehead atoms. The molecule has 1 N–H and O–H groups in total. The highest BCUT2D eigenvalue weighted by Gasteiger charge is 2.14. The molecular formula is C19H18N2O2S. The van der Waals surface area contributed by atoms with Crippen molar-refractivity contribution in [3.63, 3.8) is 0 Å². The smallest absolute Gasteiger partial charge is 0.261 e. The second-order valence-corrected chi connectivity index (χ2v) is 7.37. The van der Waals surface area contributed by atoms with Gasteiger partial charge in [0.05, 0.1) is 4.90 Å². The highest BCUT2D eigenvalue weighted by molar-refractivity contribution is 7.92. The minimum Gasteiger partial charge on any atom is -0.280 e. The first kappa shape index (κ1) is 16.2. The Kier molecular flexibility index (Phi) is 4.36. The molecule has 0 aliphatic rings. The predicted molar refractivity (Wildman–Crippen MR) is 96.4 cm³/mol. The summed E-state index contributed by atoms with van der Waals surface area (Å²) in [7, 11) is -3.58. The summed E-state index contributed by atoms with van der Waals surface area (Å²) in [5.41, 5.74) is 4.59. The van der Waals surface area contributed by atoms with Crippen LogP contribution < -0.4 is 4.72 Å². The Bertz CT molecular complexity index is 965. The molecular weight excluding hydrogens is 320 g/mol. The molecule has 1 heterocycles. The number of aryl methyl sites for hydroxylation is 2. The van der Waals surface area contributed by atoms with Crippen molar-refractivity contribution in [2.24, 2.45) is 0 Å². The lowest BCUT2D eigenvalue weighted by molar-refractivity contribution is 0.601. The van der Waals surface area contributed by atoms with Crippen molar-refractivity contribution in [2.75, 3.05) is 4.72 Å². The summed E-state index contributed by atoms with van der Waals surface area (Å²) in [5.74, 6) is 0. The Balaban J connectivity index is 1.85. The maximum Gasteiger partial charge on any atom is 0.261 e. The lowest BCUT2D eigenvalue weighted by atomic mass is 10.0. The van der Waals surface area contributed by atoms with Gasteiger partial charge in [0.25, 0.3) is 10.0 Å². The summed E-state index contributed by atoms with van der Waals surface area (Å²) in [6, 6.07) is 16.1. The van der Waals surface area contributed by atoms with E-state index in [0.717, 1.165) is 22.3 Å². The third-order valence-corrected chi connectivity index (χ3v) is 5.17. The normalized spacial score (nSPS) is 11.2. The van der Waals surface area contributed by atoms with Crippen LogP contribution >= 0.6 is 0 Å². The fourth-order valence-corrected chi connectivity index (χ4v) is 3.64. The van der Waals surface area contributed by atoms with Crippen LogP contribution in [0, 0.1) is 13.8 Å². The van der Waals surface area contributed by atoms with Crippen molar-refractivity contribution in [1.82, 2.24) is 4.98 Å². The van der Waals surface area contributed by atoms with E-state index in [9.17, 15) is 8.42 Å². The van der Waals surface area contributed by atoms with Crippen LogP contribution in [-0.4, -0.2) is 13.4 Å². The number of hydrogen-bond acceptors (Lipinski definition) is 3. The molecule has 0 aliphatic heterocycles. The summed E-state index contributed by atoms with van der Waals surface area (Å²) in [5, 5.41) is 0. The van der Waals surface area contributed by atoms with Crippen LogP contribution in [0.2, 0.25) is 0 Å². The third kappa shape index (κ3) is 3.46. The molecule has 0 saturated carbocycles. The molecule has 122 valence electrons. The first-order valence-corrected chi connectivity index (χ1v) is 9.04. The lowest BCUT2D eigenvalue weighted by Gasteiger charge is -2.10. The largest absolute Gasteiger partial charge is 0.280 e. The fraction of sp³-hybridized carbons (Fsp3) is 0.105. The van der Waals surface area contributed by atoms with E-state index < -0.39 is 10.0 Å². The van der Waals surface area contributed by atoms with Crippen molar-refractivity contribution in [3.8, 4) is 11.1 Å². The maximum absolute atomic E-state index is 12.4. The number of pyridine rings is 1. The van der Waals surface area contributed by atoms with Crippen molar-refractivity contribution in [3.05, 3.63) is 78.1 Å². The number of rotatable bonds is 4. The average Bonchev–Trinajstić information content (AvgIpc) is 2.56. The van der Waals surface area contributed by atoms with Gasteiger partial charge in [-0.15, -0.1) is 0 Å². The molecule has 0 aliphatic carbocycles. The number of sulfonamides is 1. The zero-order valence-electron chi connectivity index (χ0n) is 13.5. The number of benzene rings is 2. The Labute approximate surface area is 142 Å². The summed E-state index contributed by atoms with van der Waals surface area (Å²) in [6.45, 7) is 3.88. The quantitative estimate of drug-likeness (QED) is 0.777. The standard InChI is InChI=1S/C19H18N2O2S/c1-14-4-3-5-18(12-14)24(22,23)21-17-8-6-16(7-9-17)19-13-20-11-10-15(19)2/h3-13,21H,1-2H3. The van der Waals surface area contributed by atoms with Crippen LogP contribution in [0.1, 0.15) is 11.1 Å². The number of anilines is 1. The van der Waals surface area contributed by atoms with Gasteiger partial charge in [0, 0.05) is 23.6 Å². The monoisotopic (exact) mass is 338 g/mol. The van der Waals surface area contributed by atoms with Gasteiger partial charge in [-0.1, -0.05) is 24.3 Å². The Morgan fingerprint density at radius 2 is 1.71 bits per heavy atom. The van der Waals surface area contributed by atoms with Crippen LogP contribution in [0.5, 0.6) is 0 Å². The van der Waals surface area contributed by atoms with E-state index in [-0.39, 0.29) is 4.90 Å². The Morgan fingerprint density at radius 3 is 2.38 bits per heavy atom. The Morgan fingerprint density at radius 1 is 0.958 bits per heavy atom. The molecule has 0 unspecified atom stereocenters. The molecule has 0 amide bonds. The second kappa shape index (κ2) is 6.45. The summed E-state index contributed by atoms with van der Waals surface area (Å²) in [6.07, 6.45) is 3.56. The van der Waals surface area contributed by atoms with Crippen molar-refractivity contribution in [2.45, 2.75) is 18.7 Å². The van der Waals surface area contributed by atoms with Gasteiger partial charge < -0.3 is 0 Å². The molecule has 2 aromatic carbocycles. The first-order valence-electron chi connectivity index (χ1n) is 7.56. The van der Waals surface area contributed by atoms with Crippen LogP contribution in [0.25, 0.3) is 11.1 Å². The SMILES string of the molecule is Cc1cccc(S(=O)(=O)Nc2ccc(-c3cnccc3C)cc2)c1. The minimum atomic E-state index is -3.58. The van der Waals surface area contributed by atoms with Crippen LogP contribution in [0.15, 0.2) is 71.9 Å². The molecule has 5 heteroatoms. The molecule has 0 atom stereocenters. The molecule has 0 radical (unpaired) electrons. The van der Waals surface area contributed by atoms with Crippen molar-refractivity contribution < 1.29 is 8.42 Å². The van der Waals surface area contributed by atoms with Gasteiger partial charge in [0.2, 0.25) is 0 Å². The second-order valence-electron chi connectivity index (χ2n) is 5.69. The van der Waals surface area contributed by atoms with E-state index in [2.05, 4.69) is 9.71 Å². The number of hydrogen-bond donors (Lipinski definition) is 1. The lowest BCUT2D eigenvalue weighted by Crippen LogP contribution is -2.12. The highest BCUT2D eigenvalue weighted by atomic mass is 32.2. The molecule has 0 spiro atoms. The van der Waals surface area contributed by atoms with E-state index in [4.69, 9.17) is 0 Å². The van der Waals surface area contributed by atoms with Crippen LogP contribution in [-0.2, 0) is 10.0 Å². The van der Waals surface area contributed by atoms with E-state index in [0.29, 0.717) is 5.69 Å². The molecule has 0 fully saturated rings. The number of nitrogens with one attached hydrogen (secondary N) is 1. The van der Waals surface area contributed by atoms with E-state index in [1.807, 2.05) is 38.1 Å². The molecule has 3 rings (SSSR count). The Hall–Kier alpha value is -2.66. The van der Waals surface area contributed by atoms with Crippen molar-refractivity contribution >= 4 is 15.7 Å². The minimum absolute atomic E-state index is 0.259. The van der Waals surface area contributed by atoms with Gasteiger partial charge in [-0.2, -0.15) is 0 Å². The fourth-order valence-electron chi connectivity index (χ4n) is 2.48. The van der Waals surface area contributed by atoms with Crippen LogP contribution in [0.3, 0.4) is 0 Å². The highest BCUT2D eigenvalue weighted by Crippen LogP contribution is 2.25. The molecule has 0 saturated heterocycles.